The van der Waals surface area contributed by atoms with Gasteiger partial charge in [-0.05, 0) is 36.6 Å². The van der Waals surface area contributed by atoms with Gasteiger partial charge in [-0.1, -0.05) is 19.3 Å². The maximum atomic E-state index is 13.5. The number of amides is 3. The Balaban J connectivity index is 1.25. The Bertz CT molecular complexity index is 1420. The summed E-state index contributed by atoms with van der Waals surface area (Å²) < 4.78 is 5.36. The average Bonchev–Trinajstić information content (AvgIpc) is 3.45. The molecule has 15 heteroatoms. The minimum absolute atomic E-state index is 0.0358. The van der Waals surface area contributed by atoms with Crippen LogP contribution in [0, 0.1) is 10.1 Å². The van der Waals surface area contributed by atoms with E-state index in [1.807, 2.05) is 0 Å². The number of aliphatic imine (C=N–C) groups is 1. The number of thiazole rings is 1. The molecule has 214 valence electrons. The number of benzene rings is 1. The van der Waals surface area contributed by atoms with Gasteiger partial charge in [0.15, 0.2) is 5.13 Å². The Labute approximate surface area is 242 Å². The summed E-state index contributed by atoms with van der Waals surface area (Å²) in [4.78, 5) is 70.9. The first-order valence-corrected chi connectivity index (χ1v) is 14.9. The lowest BCUT2D eigenvalue weighted by atomic mass is 9.96. The topological polar surface area (TPSA) is 173 Å². The van der Waals surface area contributed by atoms with Crippen LogP contribution in [0.4, 0.5) is 10.8 Å². The normalized spacial score (nSPS) is 20.8. The highest BCUT2D eigenvalue weighted by Gasteiger charge is 2.53. The van der Waals surface area contributed by atoms with Crippen LogP contribution in [0.25, 0.3) is 0 Å². The summed E-state index contributed by atoms with van der Waals surface area (Å²) in [5.74, 6) is -1.27. The molecule has 1 saturated carbocycles. The Morgan fingerprint density at radius 2 is 1.98 bits per heavy atom. The number of β-lactam (4-membered cyclic amide) rings is 1. The molecule has 1 aromatic carbocycles. The van der Waals surface area contributed by atoms with E-state index in [0.717, 1.165) is 32.1 Å². The summed E-state index contributed by atoms with van der Waals surface area (Å²) in [5.41, 5.74) is 1.00. The highest BCUT2D eigenvalue weighted by Crippen LogP contribution is 2.38. The van der Waals surface area contributed by atoms with Crippen LogP contribution in [-0.4, -0.2) is 67.9 Å². The van der Waals surface area contributed by atoms with Crippen LogP contribution >= 0.6 is 23.1 Å². The number of ether oxygens (including phenoxy) is 1. The number of carbonyl (C=O) groups is 4. The standard InChI is InChI=1S/C26H26N6O7S2/c33-14-27-26-29-18(13-41-26)20(28-16-4-2-1-3-5-16)22(34)30-21-23(35)31-19(10-11-40-24(21)31)25(36)39-12-15-6-8-17(9-7-15)32(37)38/h6-10,13-14,16,21,24H,1-5,11-12H2,(H,30,34)(H,27,29,33)/b28-20-/t21?,24-/m1/s1. The largest absolute Gasteiger partial charge is 0.456 e. The highest BCUT2D eigenvalue weighted by molar-refractivity contribution is 8.00. The number of fused-ring (bicyclic) bond motifs is 1. The van der Waals surface area contributed by atoms with Crippen molar-refractivity contribution in [1.29, 1.82) is 0 Å². The first-order chi connectivity index (χ1) is 19.9. The predicted molar refractivity (Wildman–Crippen MR) is 151 cm³/mol. The van der Waals surface area contributed by atoms with Crippen LogP contribution in [-0.2, 0) is 30.5 Å². The number of anilines is 1. The number of hydrogen-bond donors (Lipinski definition) is 2. The average molecular weight is 599 g/mol. The maximum Gasteiger partial charge on any atom is 0.355 e. The number of hydrogen-bond acceptors (Lipinski definition) is 11. The van der Waals surface area contributed by atoms with Gasteiger partial charge in [0.25, 0.3) is 17.5 Å². The first-order valence-electron chi connectivity index (χ1n) is 13.0. The van der Waals surface area contributed by atoms with E-state index in [1.165, 1.54) is 52.3 Å². The second kappa shape index (κ2) is 12.6. The van der Waals surface area contributed by atoms with E-state index < -0.39 is 34.1 Å². The number of non-ortho nitro benzene ring substituents is 1. The fourth-order valence-electron chi connectivity index (χ4n) is 4.81. The molecule has 2 aromatic rings. The van der Waals surface area contributed by atoms with Crippen LogP contribution in [0.5, 0.6) is 0 Å². The Morgan fingerprint density at radius 3 is 2.68 bits per heavy atom. The van der Waals surface area contributed by atoms with Gasteiger partial charge < -0.3 is 15.4 Å². The Hall–Kier alpha value is -4.11. The number of nitrogens with zero attached hydrogens (tertiary/aromatic N) is 4. The van der Waals surface area contributed by atoms with Crippen molar-refractivity contribution >= 4 is 63.8 Å². The van der Waals surface area contributed by atoms with Gasteiger partial charge in [0.2, 0.25) is 6.41 Å². The molecule has 1 aliphatic carbocycles. The Kier molecular flexibility index (Phi) is 8.73. The quantitative estimate of drug-likeness (QED) is 0.104. The number of carbonyl (C=O) groups excluding carboxylic acids is 4. The van der Waals surface area contributed by atoms with Gasteiger partial charge in [-0.3, -0.25) is 34.4 Å². The molecule has 2 fully saturated rings. The van der Waals surface area contributed by atoms with E-state index in [1.54, 1.807) is 11.5 Å². The van der Waals surface area contributed by atoms with Crippen LogP contribution in [0.15, 0.2) is 46.4 Å². The summed E-state index contributed by atoms with van der Waals surface area (Å²) in [6.07, 6.45) is 6.96. The lowest BCUT2D eigenvalue weighted by Gasteiger charge is -2.48. The van der Waals surface area contributed by atoms with Crippen LogP contribution < -0.4 is 10.6 Å². The molecule has 3 amide bonds. The molecule has 0 radical (unpaired) electrons. The molecule has 5 rings (SSSR count). The fourth-order valence-corrected chi connectivity index (χ4v) is 6.66. The molecule has 41 heavy (non-hydrogen) atoms. The lowest BCUT2D eigenvalue weighted by molar-refractivity contribution is -0.384. The molecule has 2 aliphatic heterocycles. The van der Waals surface area contributed by atoms with Crippen LogP contribution in [0.2, 0.25) is 0 Å². The monoisotopic (exact) mass is 598 g/mol. The molecule has 1 unspecified atom stereocenters. The molecular weight excluding hydrogens is 572 g/mol. The van der Waals surface area contributed by atoms with Crippen molar-refractivity contribution in [3.8, 4) is 0 Å². The zero-order valence-corrected chi connectivity index (χ0v) is 23.3. The third kappa shape index (κ3) is 6.30. The van der Waals surface area contributed by atoms with Gasteiger partial charge in [0.05, 0.1) is 11.0 Å². The number of thioether (sulfide) groups is 1. The van der Waals surface area contributed by atoms with E-state index in [2.05, 4.69) is 15.6 Å². The number of rotatable bonds is 10. The van der Waals surface area contributed by atoms with E-state index in [0.29, 0.717) is 28.6 Å². The second-order valence-corrected chi connectivity index (χ2v) is 11.5. The SMILES string of the molecule is O=CNc1nc(/C(=N/C2CCCCC2)C(=O)NC2C(=O)N3C(C(=O)OCc4ccc([N+](=O)[O-])cc4)=CCS[C@H]23)cs1. The van der Waals surface area contributed by atoms with Crippen LogP contribution in [0.1, 0.15) is 43.4 Å². The van der Waals surface area contributed by atoms with E-state index in [4.69, 9.17) is 9.73 Å². The zero-order valence-electron chi connectivity index (χ0n) is 21.7. The summed E-state index contributed by atoms with van der Waals surface area (Å²) >= 11 is 2.57. The number of nitro benzene ring substituents is 1. The molecule has 3 heterocycles. The second-order valence-electron chi connectivity index (χ2n) is 9.54. The van der Waals surface area contributed by atoms with Gasteiger partial charge in [0, 0.05) is 23.3 Å². The number of nitro groups is 1. The van der Waals surface area contributed by atoms with Crippen molar-refractivity contribution in [2.45, 2.75) is 56.2 Å². The Morgan fingerprint density at radius 1 is 1.22 bits per heavy atom. The molecule has 0 spiro atoms. The first kappa shape index (κ1) is 28.4. The molecule has 2 atom stereocenters. The van der Waals surface area contributed by atoms with Crippen molar-refractivity contribution < 1.29 is 28.8 Å². The van der Waals surface area contributed by atoms with E-state index >= 15 is 0 Å². The van der Waals surface area contributed by atoms with Crippen LogP contribution in [0.3, 0.4) is 0 Å². The van der Waals surface area contributed by atoms with Gasteiger partial charge >= 0.3 is 5.97 Å². The predicted octanol–water partition coefficient (Wildman–Crippen LogP) is 2.77. The van der Waals surface area contributed by atoms with Crippen molar-refractivity contribution in [1.82, 2.24) is 15.2 Å². The minimum atomic E-state index is -0.874. The lowest BCUT2D eigenvalue weighted by Crippen LogP contribution is -2.70. The number of esters is 1. The summed E-state index contributed by atoms with van der Waals surface area (Å²) in [5, 5.41) is 17.6. The summed E-state index contributed by atoms with van der Waals surface area (Å²) in [7, 11) is 0. The molecule has 1 saturated heterocycles. The van der Waals surface area contributed by atoms with Crippen molar-refractivity contribution in [3.63, 3.8) is 0 Å². The van der Waals surface area contributed by atoms with Crippen molar-refractivity contribution in [3.05, 3.63) is 62.8 Å². The van der Waals surface area contributed by atoms with E-state index in [-0.39, 0.29) is 29.7 Å². The number of nitrogens with one attached hydrogen (secondary N) is 2. The molecule has 0 bridgehead atoms. The van der Waals surface area contributed by atoms with Crippen molar-refractivity contribution in [2.75, 3.05) is 11.1 Å². The van der Waals surface area contributed by atoms with Gasteiger partial charge in [0.1, 0.15) is 35.1 Å². The molecule has 1 aromatic heterocycles. The van der Waals surface area contributed by atoms with Gasteiger partial charge in [-0.2, -0.15) is 0 Å². The molecule has 3 aliphatic rings. The molecular formula is C26H26N6O7S2. The van der Waals surface area contributed by atoms with Crippen molar-refractivity contribution in [2.24, 2.45) is 4.99 Å². The van der Waals surface area contributed by atoms with Gasteiger partial charge in [-0.25, -0.2) is 9.78 Å². The number of aromatic nitrogens is 1. The van der Waals surface area contributed by atoms with E-state index in [9.17, 15) is 29.3 Å². The molecule has 13 nitrogen and oxygen atoms in total. The third-order valence-corrected chi connectivity index (χ3v) is 8.85. The summed E-state index contributed by atoms with van der Waals surface area (Å²) in [6.45, 7) is -0.121. The molecule has 2 N–H and O–H groups in total. The zero-order chi connectivity index (χ0) is 28.9. The fraction of sp³-hybridized carbons (Fsp3) is 0.385. The summed E-state index contributed by atoms with van der Waals surface area (Å²) in [6, 6.07) is 4.71. The third-order valence-electron chi connectivity index (χ3n) is 6.89. The minimum Gasteiger partial charge on any atom is -0.456 e. The highest BCUT2D eigenvalue weighted by atomic mass is 32.2. The maximum absolute atomic E-state index is 13.5. The van der Waals surface area contributed by atoms with Gasteiger partial charge in [-0.15, -0.1) is 23.1 Å². The smallest absolute Gasteiger partial charge is 0.355 e.